The highest BCUT2D eigenvalue weighted by Crippen LogP contribution is 2.29. The van der Waals surface area contributed by atoms with E-state index in [1.807, 2.05) is 48.5 Å². The Hall–Kier alpha value is -4.14. The first-order valence-corrected chi connectivity index (χ1v) is 14.8. The van der Waals surface area contributed by atoms with E-state index < -0.39 is 0 Å². The van der Waals surface area contributed by atoms with Gasteiger partial charge in [-0.25, -0.2) is 0 Å². The average molecular weight is 688 g/mol. The van der Waals surface area contributed by atoms with Gasteiger partial charge in [0.2, 0.25) is 10.9 Å². The Morgan fingerprint density at radius 2 is 0.952 bits per heavy atom. The van der Waals surface area contributed by atoms with Gasteiger partial charge in [0.25, 0.3) is 0 Å². The molecule has 0 radical (unpaired) electrons. The Bertz CT molecular complexity index is 1910. The summed E-state index contributed by atoms with van der Waals surface area (Å²) in [7, 11) is 0. The first-order chi connectivity index (χ1) is 20.3. The molecule has 0 fully saturated rings. The quantitative estimate of drug-likeness (QED) is 0.156. The SMILES string of the molecule is Cc1oc2cc(OCCOc3ccc4c(=O)c(-c5ccc(Br)cc5)c(C)oc4c3)ccc2c(=O)c1-c1ccc(Br)cc1. The smallest absolute Gasteiger partial charge is 0.200 e. The standard InChI is InChI=1S/C34H24Br2O6/c1-19-31(21-3-7-23(35)8-4-21)33(37)27-13-11-25(17-29(27)41-19)39-15-16-40-26-12-14-28-30(18-26)42-20(2)32(34(28)38)22-5-9-24(36)10-6-22/h3-14,17-18H,15-16H2,1-2H3. The molecule has 0 atom stereocenters. The van der Waals surface area contributed by atoms with Crippen LogP contribution < -0.4 is 20.3 Å². The van der Waals surface area contributed by atoms with E-state index in [0.717, 1.165) is 20.1 Å². The minimum absolute atomic E-state index is 0.0897. The Morgan fingerprint density at radius 1 is 0.571 bits per heavy atom. The van der Waals surface area contributed by atoms with Gasteiger partial charge in [0.1, 0.15) is 47.4 Å². The predicted octanol–water partition coefficient (Wildman–Crippen LogP) is 8.83. The molecule has 0 aliphatic carbocycles. The second-order valence-corrected chi connectivity index (χ2v) is 11.6. The highest BCUT2D eigenvalue weighted by molar-refractivity contribution is 9.10. The Labute approximate surface area is 257 Å². The molecule has 6 rings (SSSR count). The van der Waals surface area contributed by atoms with Crippen molar-refractivity contribution in [1.29, 1.82) is 0 Å². The summed E-state index contributed by atoms with van der Waals surface area (Å²) in [6, 6.07) is 25.5. The minimum atomic E-state index is -0.0897. The molecule has 2 aromatic heterocycles. The van der Waals surface area contributed by atoms with Crippen molar-refractivity contribution in [2.45, 2.75) is 13.8 Å². The van der Waals surface area contributed by atoms with Crippen molar-refractivity contribution in [2.75, 3.05) is 13.2 Å². The van der Waals surface area contributed by atoms with Gasteiger partial charge >= 0.3 is 0 Å². The van der Waals surface area contributed by atoms with Crippen LogP contribution in [0.4, 0.5) is 0 Å². The van der Waals surface area contributed by atoms with Gasteiger partial charge in [-0.3, -0.25) is 9.59 Å². The van der Waals surface area contributed by atoms with Gasteiger partial charge in [0, 0.05) is 21.1 Å². The van der Waals surface area contributed by atoms with Gasteiger partial charge in [-0.05, 0) is 73.5 Å². The predicted molar refractivity (Wildman–Crippen MR) is 172 cm³/mol. The number of hydrogen-bond acceptors (Lipinski definition) is 6. The summed E-state index contributed by atoms with van der Waals surface area (Å²) in [6.07, 6.45) is 0. The maximum Gasteiger partial charge on any atom is 0.200 e. The van der Waals surface area contributed by atoms with Crippen LogP contribution in [0.25, 0.3) is 44.2 Å². The van der Waals surface area contributed by atoms with Crippen LogP contribution >= 0.6 is 31.9 Å². The molecule has 0 amide bonds. The molecular formula is C34H24Br2O6. The van der Waals surface area contributed by atoms with Crippen molar-refractivity contribution in [3.8, 4) is 33.8 Å². The molecule has 0 bridgehead atoms. The number of hydrogen-bond donors (Lipinski definition) is 0. The summed E-state index contributed by atoms with van der Waals surface area (Å²) >= 11 is 6.85. The topological polar surface area (TPSA) is 78.9 Å². The van der Waals surface area contributed by atoms with Crippen molar-refractivity contribution in [1.82, 2.24) is 0 Å². The third-order valence-corrected chi connectivity index (χ3v) is 8.02. The molecule has 0 spiro atoms. The summed E-state index contributed by atoms with van der Waals surface area (Å²) in [5, 5.41) is 0.969. The number of ether oxygens (including phenoxy) is 2. The van der Waals surface area contributed by atoms with Crippen molar-refractivity contribution in [2.24, 2.45) is 0 Å². The van der Waals surface area contributed by atoms with Gasteiger partial charge in [-0.1, -0.05) is 56.1 Å². The molecule has 0 aliphatic rings. The molecular weight excluding hydrogens is 664 g/mol. The second-order valence-electron chi connectivity index (χ2n) is 9.75. The van der Waals surface area contributed by atoms with E-state index in [-0.39, 0.29) is 24.1 Å². The summed E-state index contributed by atoms with van der Waals surface area (Å²) in [5.74, 6) is 2.20. The third kappa shape index (κ3) is 5.52. The van der Waals surface area contributed by atoms with Crippen molar-refractivity contribution >= 4 is 53.8 Å². The fourth-order valence-electron chi connectivity index (χ4n) is 4.97. The largest absolute Gasteiger partial charge is 0.490 e. The molecule has 6 aromatic rings. The lowest BCUT2D eigenvalue weighted by atomic mass is 10.0. The summed E-state index contributed by atoms with van der Waals surface area (Å²) in [6.45, 7) is 4.09. The zero-order valence-corrected chi connectivity index (χ0v) is 25.9. The molecule has 8 heteroatoms. The Balaban J connectivity index is 1.15. The van der Waals surface area contributed by atoms with Gasteiger partial charge in [-0.2, -0.15) is 0 Å². The van der Waals surface area contributed by atoms with E-state index >= 15 is 0 Å². The minimum Gasteiger partial charge on any atom is -0.490 e. The molecule has 0 saturated carbocycles. The fraction of sp³-hybridized carbons (Fsp3) is 0.118. The number of benzene rings is 4. The van der Waals surface area contributed by atoms with Gasteiger partial charge in [-0.15, -0.1) is 0 Å². The monoisotopic (exact) mass is 686 g/mol. The summed E-state index contributed by atoms with van der Waals surface area (Å²) in [4.78, 5) is 26.5. The summed E-state index contributed by atoms with van der Waals surface area (Å²) < 4.78 is 25.7. The number of aryl methyl sites for hydroxylation is 2. The maximum absolute atomic E-state index is 13.2. The molecule has 42 heavy (non-hydrogen) atoms. The molecule has 0 unspecified atom stereocenters. The zero-order chi connectivity index (χ0) is 29.4. The normalized spacial score (nSPS) is 11.2. The number of rotatable bonds is 7. The van der Waals surface area contributed by atoms with E-state index in [2.05, 4.69) is 31.9 Å². The van der Waals surface area contributed by atoms with Crippen LogP contribution in [0.15, 0.2) is 112 Å². The van der Waals surface area contributed by atoms with E-state index in [1.165, 1.54) is 0 Å². The first kappa shape index (κ1) is 28.0. The van der Waals surface area contributed by atoms with Crippen LogP contribution in [0.2, 0.25) is 0 Å². The second kappa shape index (κ2) is 11.6. The lowest BCUT2D eigenvalue weighted by Gasteiger charge is -2.11. The van der Waals surface area contributed by atoms with E-state index in [9.17, 15) is 9.59 Å². The van der Waals surface area contributed by atoms with Crippen molar-refractivity contribution in [3.05, 3.63) is 126 Å². The van der Waals surface area contributed by atoms with Crippen LogP contribution in [0.1, 0.15) is 11.5 Å². The fourth-order valence-corrected chi connectivity index (χ4v) is 5.50. The lowest BCUT2D eigenvalue weighted by molar-refractivity contribution is 0.217. The molecule has 4 aromatic carbocycles. The van der Waals surface area contributed by atoms with Crippen LogP contribution in [-0.2, 0) is 0 Å². The van der Waals surface area contributed by atoms with Gasteiger partial charge < -0.3 is 18.3 Å². The lowest BCUT2D eigenvalue weighted by Crippen LogP contribution is -2.10. The van der Waals surface area contributed by atoms with E-state index in [0.29, 0.717) is 56.1 Å². The van der Waals surface area contributed by atoms with Crippen molar-refractivity contribution in [3.63, 3.8) is 0 Å². The van der Waals surface area contributed by atoms with Crippen LogP contribution in [0.3, 0.4) is 0 Å². The van der Waals surface area contributed by atoms with Crippen LogP contribution in [0.5, 0.6) is 11.5 Å². The molecule has 210 valence electrons. The Kier molecular flexibility index (Phi) is 7.75. The molecule has 6 nitrogen and oxygen atoms in total. The molecule has 0 aliphatic heterocycles. The first-order valence-electron chi connectivity index (χ1n) is 13.2. The third-order valence-electron chi connectivity index (χ3n) is 6.97. The molecule has 0 N–H and O–H groups in total. The van der Waals surface area contributed by atoms with Gasteiger partial charge in [0.15, 0.2) is 0 Å². The molecule has 0 saturated heterocycles. The maximum atomic E-state index is 13.2. The highest BCUT2D eigenvalue weighted by Gasteiger charge is 2.16. The van der Waals surface area contributed by atoms with Crippen molar-refractivity contribution < 1.29 is 18.3 Å². The average Bonchev–Trinajstić information content (AvgIpc) is 2.97. The van der Waals surface area contributed by atoms with Crippen LogP contribution in [0, 0.1) is 13.8 Å². The Morgan fingerprint density at radius 3 is 1.33 bits per heavy atom. The van der Waals surface area contributed by atoms with E-state index in [1.54, 1.807) is 50.2 Å². The number of fused-ring (bicyclic) bond motifs is 2. The number of halogens is 2. The highest BCUT2D eigenvalue weighted by atomic mass is 79.9. The van der Waals surface area contributed by atoms with Gasteiger partial charge in [0.05, 0.1) is 21.9 Å². The molecule has 2 heterocycles. The van der Waals surface area contributed by atoms with E-state index in [4.69, 9.17) is 18.3 Å². The summed E-state index contributed by atoms with van der Waals surface area (Å²) in [5.41, 5.74) is 3.43. The van der Waals surface area contributed by atoms with Crippen LogP contribution in [-0.4, -0.2) is 13.2 Å². The zero-order valence-electron chi connectivity index (χ0n) is 22.7.